The molecular weight excluding hydrogens is 220 g/mol. The van der Waals surface area contributed by atoms with Gasteiger partial charge >= 0.3 is 0 Å². The van der Waals surface area contributed by atoms with Gasteiger partial charge in [-0.1, -0.05) is 12.5 Å². The van der Waals surface area contributed by atoms with Crippen molar-refractivity contribution in [1.29, 1.82) is 0 Å². The molecule has 0 amide bonds. The molecule has 16 heavy (non-hydrogen) atoms. The lowest BCUT2D eigenvalue weighted by atomic mass is 10.1. The molecule has 1 aromatic heterocycles. The summed E-state index contributed by atoms with van der Waals surface area (Å²) in [6, 6.07) is 6.21. The van der Waals surface area contributed by atoms with Crippen LogP contribution in [0.1, 0.15) is 25.0 Å². The quantitative estimate of drug-likeness (QED) is 0.864. The molecule has 1 aliphatic rings. The minimum Gasteiger partial charge on any atom is -0.313 e. The average Bonchev–Trinajstić information content (AvgIpc) is 2.31. The molecule has 1 fully saturated rings. The number of nitrogens with one attached hydrogen (secondary N) is 1. The summed E-state index contributed by atoms with van der Waals surface area (Å²) in [5.74, 6) is 1.34. The number of hydrogen-bond acceptors (Lipinski definition) is 3. The van der Waals surface area contributed by atoms with Crippen LogP contribution in [0.5, 0.6) is 0 Å². The fraction of sp³-hybridized carbons (Fsp3) is 0.583. The van der Waals surface area contributed by atoms with Crippen LogP contribution in [-0.2, 0) is 16.6 Å². The first kappa shape index (κ1) is 11.7. The number of piperidine rings is 1. The van der Waals surface area contributed by atoms with Crippen molar-refractivity contribution >= 4 is 10.8 Å². The highest BCUT2D eigenvalue weighted by molar-refractivity contribution is 7.84. The van der Waals surface area contributed by atoms with Gasteiger partial charge in [-0.2, -0.15) is 0 Å². The van der Waals surface area contributed by atoms with Gasteiger partial charge in [0.1, 0.15) is 0 Å². The van der Waals surface area contributed by atoms with E-state index in [1.54, 1.807) is 6.20 Å². The van der Waals surface area contributed by atoms with Gasteiger partial charge in [0.15, 0.2) is 0 Å². The van der Waals surface area contributed by atoms with E-state index in [1.807, 2.05) is 18.2 Å². The average molecular weight is 238 g/mol. The van der Waals surface area contributed by atoms with E-state index in [2.05, 4.69) is 10.3 Å². The molecule has 0 saturated carbocycles. The smallest absolute Gasteiger partial charge is 0.0659 e. The van der Waals surface area contributed by atoms with Gasteiger partial charge in [0.25, 0.3) is 0 Å². The highest BCUT2D eigenvalue weighted by Gasteiger charge is 2.15. The molecular formula is C12H18N2OS. The standard InChI is InChI=1S/C12H18N2OS/c15-16(9-11-5-1-3-7-13-11)10-12-6-2-4-8-14-12/h1,3,5,7,12,14H,2,4,6,8-10H2/t12-,16-/m0/s1. The minimum absolute atomic E-state index is 0.443. The monoisotopic (exact) mass is 238 g/mol. The number of aromatic nitrogens is 1. The van der Waals surface area contributed by atoms with Crippen molar-refractivity contribution in [2.45, 2.75) is 31.1 Å². The summed E-state index contributed by atoms with van der Waals surface area (Å²) in [4.78, 5) is 4.20. The van der Waals surface area contributed by atoms with Crippen LogP contribution < -0.4 is 5.32 Å². The lowest BCUT2D eigenvalue weighted by Crippen LogP contribution is -2.38. The van der Waals surface area contributed by atoms with Gasteiger partial charge in [-0.3, -0.25) is 9.19 Å². The second-order valence-corrected chi connectivity index (χ2v) is 5.72. The molecule has 2 heterocycles. The van der Waals surface area contributed by atoms with Gasteiger partial charge in [-0.25, -0.2) is 0 Å². The maximum absolute atomic E-state index is 11.9. The first-order chi connectivity index (χ1) is 7.84. The van der Waals surface area contributed by atoms with Crippen LogP contribution in [0.4, 0.5) is 0 Å². The van der Waals surface area contributed by atoms with E-state index < -0.39 is 10.8 Å². The van der Waals surface area contributed by atoms with Crippen LogP contribution in [-0.4, -0.2) is 27.5 Å². The molecule has 3 nitrogen and oxygen atoms in total. The lowest BCUT2D eigenvalue weighted by Gasteiger charge is -2.22. The third-order valence-electron chi connectivity index (χ3n) is 2.83. The summed E-state index contributed by atoms with van der Waals surface area (Å²) in [5, 5.41) is 3.42. The second-order valence-electron chi connectivity index (χ2n) is 4.22. The van der Waals surface area contributed by atoms with E-state index in [0.717, 1.165) is 24.4 Å². The van der Waals surface area contributed by atoms with Crippen LogP contribution in [0.25, 0.3) is 0 Å². The fourth-order valence-electron chi connectivity index (χ4n) is 2.00. The van der Waals surface area contributed by atoms with Crippen molar-refractivity contribution in [3.05, 3.63) is 30.1 Å². The summed E-state index contributed by atoms with van der Waals surface area (Å²) in [6.07, 6.45) is 5.43. The van der Waals surface area contributed by atoms with Gasteiger partial charge < -0.3 is 5.32 Å². The van der Waals surface area contributed by atoms with Crippen LogP contribution in [0, 0.1) is 0 Å². The molecule has 0 bridgehead atoms. The van der Waals surface area contributed by atoms with Gasteiger partial charge in [0.2, 0.25) is 0 Å². The van der Waals surface area contributed by atoms with E-state index in [0.29, 0.717) is 11.8 Å². The first-order valence-electron chi connectivity index (χ1n) is 5.83. The second kappa shape index (κ2) is 6.11. The zero-order valence-corrected chi connectivity index (χ0v) is 10.2. The number of rotatable bonds is 4. The molecule has 1 aliphatic heterocycles. The SMILES string of the molecule is O=[S@@](Cc1ccccn1)C[C@@H]1CCCCN1. The van der Waals surface area contributed by atoms with Crippen molar-refractivity contribution < 1.29 is 4.21 Å². The molecule has 88 valence electrons. The Morgan fingerprint density at radius 3 is 3.06 bits per heavy atom. The normalized spacial score (nSPS) is 22.9. The Balaban J connectivity index is 1.80. The van der Waals surface area contributed by atoms with E-state index in [1.165, 1.54) is 12.8 Å². The van der Waals surface area contributed by atoms with Gasteiger partial charge in [0.05, 0.1) is 11.4 Å². The molecule has 0 radical (unpaired) electrons. The van der Waals surface area contributed by atoms with Crippen LogP contribution in [0.3, 0.4) is 0 Å². The Kier molecular flexibility index (Phi) is 4.48. The fourth-order valence-corrected chi connectivity index (χ4v) is 3.35. The topological polar surface area (TPSA) is 42.0 Å². The van der Waals surface area contributed by atoms with E-state index >= 15 is 0 Å². The molecule has 1 N–H and O–H groups in total. The highest BCUT2D eigenvalue weighted by atomic mass is 32.2. The molecule has 1 saturated heterocycles. The van der Waals surface area contributed by atoms with Crippen molar-refractivity contribution in [3.8, 4) is 0 Å². The first-order valence-corrected chi connectivity index (χ1v) is 7.31. The molecule has 0 aromatic carbocycles. The summed E-state index contributed by atoms with van der Waals surface area (Å²) in [7, 11) is -0.794. The van der Waals surface area contributed by atoms with Gasteiger partial charge in [-0.05, 0) is 31.5 Å². The maximum atomic E-state index is 11.9. The molecule has 0 aliphatic carbocycles. The molecule has 0 spiro atoms. The molecule has 4 heteroatoms. The Hall–Kier alpha value is -0.740. The zero-order valence-electron chi connectivity index (χ0n) is 9.39. The lowest BCUT2D eigenvalue weighted by molar-refractivity contribution is 0.427. The van der Waals surface area contributed by atoms with Crippen LogP contribution in [0.2, 0.25) is 0 Å². The Morgan fingerprint density at radius 2 is 2.38 bits per heavy atom. The van der Waals surface area contributed by atoms with Crippen molar-refractivity contribution in [2.24, 2.45) is 0 Å². The van der Waals surface area contributed by atoms with Gasteiger partial charge in [0, 0.05) is 28.8 Å². The maximum Gasteiger partial charge on any atom is 0.0659 e. The third-order valence-corrected chi connectivity index (χ3v) is 4.23. The van der Waals surface area contributed by atoms with E-state index in [4.69, 9.17) is 0 Å². The summed E-state index contributed by atoms with van der Waals surface area (Å²) >= 11 is 0. The Labute approximate surface area is 99.1 Å². The van der Waals surface area contributed by atoms with Crippen molar-refractivity contribution in [1.82, 2.24) is 10.3 Å². The van der Waals surface area contributed by atoms with Crippen LogP contribution >= 0.6 is 0 Å². The third kappa shape index (κ3) is 3.68. The minimum atomic E-state index is -0.794. The predicted octanol–water partition coefficient (Wildman–Crippen LogP) is 1.47. The molecule has 0 unspecified atom stereocenters. The van der Waals surface area contributed by atoms with Gasteiger partial charge in [-0.15, -0.1) is 0 Å². The largest absolute Gasteiger partial charge is 0.313 e. The summed E-state index contributed by atoms with van der Waals surface area (Å²) in [6.45, 7) is 1.07. The molecule has 2 atom stereocenters. The number of nitrogens with zero attached hydrogens (tertiary/aromatic N) is 1. The predicted molar refractivity (Wildman–Crippen MR) is 66.6 cm³/mol. The van der Waals surface area contributed by atoms with Crippen molar-refractivity contribution in [2.75, 3.05) is 12.3 Å². The zero-order chi connectivity index (χ0) is 11.2. The highest BCUT2D eigenvalue weighted by Crippen LogP contribution is 2.09. The number of hydrogen-bond donors (Lipinski definition) is 1. The Morgan fingerprint density at radius 1 is 1.44 bits per heavy atom. The van der Waals surface area contributed by atoms with E-state index in [-0.39, 0.29) is 0 Å². The van der Waals surface area contributed by atoms with E-state index in [9.17, 15) is 4.21 Å². The summed E-state index contributed by atoms with van der Waals surface area (Å²) < 4.78 is 11.9. The van der Waals surface area contributed by atoms with Crippen LogP contribution in [0.15, 0.2) is 24.4 Å². The van der Waals surface area contributed by atoms with Crippen molar-refractivity contribution in [3.63, 3.8) is 0 Å². The molecule has 1 aromatic rings. The Bertz CT molecular complexity index is 336. The summed E-state index contributed by atoms with van der Waals surface area (Å²) in [5.41, 5.74) is 0.927. The number of pyridine rings is 1. The molecule has 2 rings (SSSR count).